The number of carbonyl (C=O) groups excluding carboxylic acids is 1. The zero-order chi connectivity index (χ0) is 37.7. The first kappa shape index (κ1) is 49.4. The number of nitrogens with two attached hydrogens (primary N) is 1. The summed E-state index contributed by atoms with van der Waals surface area (Å²) in [5.74, 6) is -0.479. The molecule has 0 aromatic heterocycles. The molecule has 10 heteroatoms. The van der Waals surface area contributed by atoms with E-state index in [2.05, 4.69) is 55.6 Å². The van der Waals surface area contributed by atoms with Crippen LogP contribution in [0.4, 0.5) is 0 Å². The molecule has 0 saturated carbocycles. The van der Waals surface area contributed by atoms with Gasteiger partial charge in [-0.3, -0.25) is 13.8 Å². The van der Waals surface area contributed by atoms with Gasteiger partial charge < -0.3 is 26.2 Å². The molecule has 0 aliphatic rings. The number of nitrogens with one attached hydrogen (secondary N) is 1. The fourth-order valence-corrected chi connectivity index (χ4v) is 6.32. The van der Waals surface area contributed by atoms with Gasteiger partial charge in [0.05, 0.1) is 37.9 Å². The average molecular weight is 741 g/mol. The number of rotatable bonds is 37. The van der Waals surface area contributed by atoms with E-state index in [0.717, 1.165) is 44.9 Å². The minimum absolute atomic E-state index is 0.0384. The molecular weight excluding hydrogens is 663 g/mol. The fraction of sp³-hybridized carbons (Fsp3) is 0.780. The molecule has 0 radical (unpaired) electrons. The van der Waals surface area contributed by atoms with Crippen molar-refractivity contribution in [2.24, 2.45) is 5.73 Å². The summed E-state index contributed by atoms with van der Waals surface area (Å²) in [5, 5.41) is 23.9. The average Bonchev–Trinajstić information content (AvgIpc) is 3.10. The molecule has 1 amide bonds. The molecule has 298 valence electrons. The Balaban J connectivity index is 4.51. The van der Waals surface area contributed by atoms with E-state index in [4.69, 9.17) is 14.8 Å². The van der Waals surface area contributed by atoms with Crippen LogP contribution in [0, 0.1) is 0 Å². The number of aliphatic hydroxyl groups excluding tert-OH is 2. The Morgan fingerprint density at radius 2 is 1.12 bits per heavy atom. The zero-order valence-electron chi connectivity index (χ0n) is 32.4. The van der Waals surface area contributed by atoms with Gasteiger partial charge in [0.2, 0.25) is 5.91 Å². The summed E-state index contributed by atoms with van der Waals surface area (Å²) in [6.07, 6.45) is 40.6. The Bertz CT molecular complexity index is 956. The topological polar surface area (TPSA) is 151 Å². The van der Waals surface area contributed by atoms with Crippen molar-refractivity contribution in [1.82, 2.24) is 5.32 Å². The molecule has 0 heterocycles. The van der Waals surface area contributed by atoms with Crippen LogP contribution in [0.3, 0.4) is 0 Å². The van der Waals surface area contributed by atoms with Gasteiger partial charge in [-0.25, -0.2) is 4.57 Å². The largest absolute Gasteiger partial charge is 0.472 e. The number of aliphatic hydroxyl groups is 2. The summed E-state index contributed by atoms with van der Waals surface area (Å²) >= 11 is 0. The predicted molar refractivity (Wildman–Crippen MR) is 213 cm³/mol. The van der Waals surface area contributed by atoms with Crippen LogP contribution in [0.25, 0.3) is 0 Å². The van der Waals surface area contributed by atoms with Crippen molar-refractivity contribution in [1.29, 1.82) is 0 Å². The molecule has 4 unspecified atom stereocenters. The maximum Gasteiger partial charge on any atom is 0.472 e. The first-order valence-electron chi connectivity index (χ1n) is 20.3. The van der Waals surface area contributed by atoms with E-state index >= 15 is 0 Å². The number of allylic oxidation sites excluding steroid dienone is 7. The Kier molecular flexibility index (Phi) is 35.6. The molecule has 51 heavy (non-hydrogen) atoms. The second kappa shape index (κ2) is 36.8. The summed E-state index contributed by atoms with van der Waals surface area (Å²) < 4.78 is 22.0. The van der Waals surface area contributed by atoms with Crippen LogP contribution in [0.1, 0.15) is 168 Å². The molecule has 0 aliphatic heterocycles. The summed E-state index contributed by atoms with van der Waals surface area (Å²) in [6.45, 7) is 3.89. The smallest absolute Gasteiger partial charge is 0.393 e. The van der Waals surface area contributed by atoms with E-state index in [0.29, 0.717) is 12.8 Å². The minimum atomic E-state index is -4.41. The Morgan fingerprint density at radius 1 is 0.667 bits per heavy atom. The summed E-state index contributed by atoms with van der Waals surface area (Å²) in [5.41, 5.74) is 5.34. The minimum Gasteiger partial charge on any atom is -0.393 e. The van der Waals surface area contributed by atoms with Gasteiger partial charge in [0.15, 0.2) is 0 Å². The number of hydrogen-bond acceptors (Lipinski definition) is 7. The first-order chi connectivity index (χ1) is 24.8. The third-order valence-electron chi connectivity index (χ3n) is 8.66. The van der Waals surface area contributed by atoms with Crippen molar-refractivity contribution in [3.8, 4) is 0 Å². The van der Waals surface area contributed by atoms with E-state index < -0.39 is 38.6 Å². The molecule has 0 saturated heterocycles. The molecule has 6 N–H and O–H groups in total. The van der Waals surface area contributed by atoms with Crippen molar-refractivity contribution in [2.45, 2.75) is 186 Å². The molecule has 0 aliphatic carbocycles. The number of unbranched alkanes of at least 4 members (excludes halogenated alkanes) is 17. The first-order valence-corrected chi connectivity index (χ1v) is 21.8. The number of hydrogen-bond donors (Lipinski definition) is 5. The van der Waals surface area contributed by atoms with Crippen molar-refractivity contribution in [3.63, 3.8) is 0 Å². The van der Waals surface area contributed by atoms with E-state index in [9.17, 15) is 24.5 Å². The van der Waals surface area contributed by atoms with Crippen molar-refractivity contribution >= 4 is 13.7 Å². The molecule has 0 aromatic carbocycles. The van der Waals surface area contributed by atoms with Crippen LogP contribution in [0.5, 0.6) is 0 Å². The predicted octanol–water partition coefficient (Wildman–Crippen LogP) is 9.91. The normalized spacial score (nSPS) is 15.3. The lowest BCUT2D eigenvalue weighted by Crippen LogP contribution is -2.46. The van der Waals surface area contributed by atoms with Crippen LogP contribution >= 0.6 is 7.82 Å². The highest BCUT2D eigenvalue weighted by atomic mass is 31.2. The van der Waals surface area contributed by atoms with Gasteiger partial charge in [-0.2, -0.15) is 0 Å². The Morgan fingerprint density at radius 3 is 1.63 bits per heavy atom. The van der Waals surface area contributed by atoms with Crippen LogP contribution in [0.2, 0.25) is 0 Å². The monoisotopic (exact) mass is 741 g/mol. The van der Waals surface area contributed by atoms with E-state index in [1.807, 2.05) is 6.08 Å². The van der Waals surface area contributed by atoms with Gasteiger partial charge in [0, 0.05) is 6.54 Å². The Labute approximate surface area is 312 Å². The van der Waals surface area contributed by atoms with Gasteiger partial charge in [-0.1, -0.05) is 140 Å². The fourth-order valence-electron chi connectivity index (χ4n) is 5.56. The van der Waals surface area contributed by atoms with Crippen LogP contribution in [-0.4, -0.2) is 59.0 Å². The van der Waals surface area contributed by atoms with Gasteiger partial charge in [-0.05, 0) is 70.6 Å². The molecule has 0 fully saturated rings. The second-order valence-corrected chi connectivity index (χ2v) is 15.1. The van der Waals surface area contributed by atoms with Crippen molar-refractivity contribution in [2.75, 3.05) is 19.8 Å². The standard InChI is InChI=1S/C41H77N2O7P/c1-3-5-7-9-11-13-15-16-17-18-19-20-21-23-25-27-29-31-33-40(45)39(37-50-51(47,48)49-35-34-42)43-41(46)36-38(44)32-30-28-26-24-22-14-12-10-8-6-4-2/h18-19,23-26,31,33,38-40,44-45H,3-17,20-22,27-30,32,34-37,42H2,1-2H3,(H,43,46)(H,47,48)/b19-18+,25-23+,26-24-,33-31+. The van der Waals surface area contributed by atoms with Crippen LogP contribution in [0.15, 0.2) is 48.6 Å². The van der Waals surface area contributed by atoms with Crippen molar-refractivity contribution < 1.29 is 33.5 Å². The van der Waals surface area contributed by atoms with Gasteiger partial charge in [0.1, 0.15) is 0 Å². The summed E-state index contributed by atoms with van der Waals surface area (Å²) in [7, 11) is -4.41. The quantitative estimate of drug-likeness (QED) is 0.0240. The molecule has 4 atom stereocenters. The molecule has 9 nitrogen and oxygen atoms in total. The number of phosphoric ester groups is 1. The lowest BCUT2D eigenvalue weighted by molar-refractivity contribution is -0.124. The van der Waals surface area contributed by atoms with Crippen LogP contribution in [-0.2, 0) is 18.4 Å². The summed E-state index contributed by atoms with van der Waals surface area (Å²) in [6, 6.07) is -1.01. The highest BCUT2D eigenvalue weighted by molar-refractivity contribution is 7.47. The lowest BCUT2D eigenvalue weighted by atomic mass is 10.1. The highest BCUT2D eigenvalue weighted by Gasteiger charge is 2.27. The zero-order valence-corrected chi connectivity index (χ0v) is 33.3. The van der Waals surface area contributed by atoms with Crippen molar-refractivity contribution in [3.05, 3.63) is 48.6 Å². The maximum absolute atomic E-state index is 12.7. The number of amides is 1. The maximum atomic E-state index is 12.7. The van der Waals surface area contributed by atoms with E-state index in [1.54, 1.807) is 6.08 Å². The number of carbonyl (C=O) groups is 1. The summed E-state index contributed by atoms with van der Waals surface area (Å²) in [4.78, 5) is 22.7. The molecule has 0 rings (SSSR count). The third kappa shape index (κ3) is 35.2. The molecule has 0 aromatic rings. The molecule has 0 spiro atoms. The lowest BCUT2D eigenvalue weighted by Gasteiger charge is -2.24. The molecule has 0 bridgehead atoms. The SMILES string of the molecule is CCCCCCCC/C=C\CCCC(O)CC(=O)NC(COP(=O)(O)OCCN)C(O)/C=C/CC/C=C/CC/C=C/CCCCCCCCCC. The Hall–Kier alpha value is -1.58. The van der Waals surface area contributed by atoms with Gasteiger partial charge in [-0.15, -0.1) is 0 Å². The second-order valence-electron chi connectivity index (χ2n) is 13.7. The van der Waals surface area contributed by atoms with E-state index in [-0.39, 0.29) is 19.6 Å². The van der Waals surface area contributed by atoms with Gasteiger partial charge in [0.25, 0.3) is 0 Å². The van der Waals surface area contributed by atoms with Crippen LogP contribution < -0.4 is 11.1 Å². The van der Waals surface area contributed by atoms with Gasteiger partial charge >= 0.3 is 7.82 Å². The number of phosphoric acid groups is 1. The van der Waals surface area contributed by atoms with E-state index in [1.165, 1.54) is 89.9 Å². The molecular formula is C41H77N2O7P. The third-order valence-corrected chi connectivity index (χ3v) is 9.64. The highest BCUT2D eigenvalue weighted by Crippen LogP contribution is 2.43.